The Bertz CT molecular complexity index is 354. The molecule has 0 saturated heterocycles. The Hall–Kier alpha value is -1.10. The molecular weight excluding hydrogens is 258 g/mol. The third-order valence-electron chi connectivity index (χ3n) is 4.67. The van der Waals surface area contributed by atoms with Crippen LogP contribution in [-0.2, 0) is 14.3 Å². The summed E-state index contributed by atoms with van der Waals surface area (Å²) in [7, 11) is 1.72. The second-order valence-electron chi connectivity index (χ2n) is 6.09. The van der Waals surface area contributed by atoms with Crippen molar-refractivity contribution < 1.29 is 19.4 Å². The molecule has 2 fully saturated rings. The lowest BCUT2D eigenvalue weighted by atomic mass is 9.84. The first-order valence-corrected chi connectivity index (χ1v) is 7.64. The molecule has 0 aliphatic heterocycles. The van der Waals surface area contributed by atoms with Crippen LogP contribution in [0.2, 0.25) is 0 Å². The largest absolute Gasteiger partial charge is 0.480 e. The van der Waals surface area contributed by atoms with Crippen LogP contribution in [0.3, 0.4) is 0 Å². The van der Waals surface area contributed by atoms with Crippen molar-refractivity contribution in [1.29, 1.82) is 0 Å². The fourth-order valence-electron chi connectivity index (χ4n) is 3.27. The first-order valence-electron chi connectivity index (χ1n) is 7.64. The van der Waals surface area contributed by atoms with Crippen molar-refractivity contribution in [2.75, 3.05) is 13.7 Å². The standard InChI is InChI=1S/C15H25NO4/c1-20-13-7-2-4-11(8-13)9-14(17)16(10-15(18)19)12-5-3-6-12/h11-13H,2-10H2,1H3,(H,18,19). The molecule has 5 nitrogen and oxygen atoms in total. The van der Waals surface area contributed by atoms with Crippen LogP contribution in [0, 0.1) is 5.92 Å². The van der Waals surface area contributed by atoms with Crippen LogP contribution < -0.4 is 0 Å². The summed E-state index contributed by atoms with van der Waals surface area (Å²) in [5.74, 6) is -0.555. The number of nitrogens with zero attached hydrogens (tertiary/aromatic N) is 1. The lowest BCUT2D eigenvalue weighted by Crippen LogP contribution is -2.47. The van der Waals surface area contributed by atoms with Gasteiger partial charge in [0.15, 0.2) is 0 Å². The molecule has 2 rings (SSSR count). The fraction of sp³-hybridized carbons (Fsp3) is 0.867. The molecule has 2 atom stereocenters. The van der Waals surface area contributed by atoms with E-state index in [1.54, 1.807) is 12.0 Å². The van der Waals surface area contributed by atoms with Gasteiger partial charge in [0.2, 0.25) is 5.91 Å². The van der Waals surface area contributed by atoms with Gasteiger partial charge in [-0.3, -0.25) is 9.59 Å². The first kappa shape index (κ1) is 15.3. The Labute approximate surface area is 120 Å². The number of carboxylic acids is 1. The van der Waals surface area contributed by atoms with Gasteiger partial charge in [-0.25, -0.2) is 0 Å². The van der Waals surface area contributed by atoms with Gasteiger partial charge in [0.05, 0.1) is 6.10 Å². The van der Waals surface area contributed by atoms with Crippen molar-refractivity contribution in [2.24, 2.45) is 5.92 Å². The summed E-state index contributed by atoms with van der Waals surface area (Å²) in [6.07, 6.45) is 7.88. The van der Waals surface area contributed by atoms with E-state index >= 15 is 0 Å². The maximum atomic E-state index is 12.4. The molecule has 0 bridgehead atoms. The lowest BCUT2D eigenvalue weighted by molar-refractivity contribution is -0.148. The highest BCUT2D eigenvalue weighted by Gasteiger charge is 2.32. The van der Waals surface area contributed by atoms with E-state index in [-0.39, 0.29) is 24.6 Å². The third kappa shape index (κ3) is 3.95. The second kappa shape index (κ2) is 7.07. The predicted molar refractivity (Wildman–Crippen MR) is 74.4 cm³/mol. The summed E-state index contributed by atoms with van der Waals surface area (Å²) in [5, 5.41) is 8.97. The van der Waals surface area contributed by atoms with Gasteiger partial charge in [-0.15, -0.1) is 0 Å². The van der Waals surface area contributed by atoms with Crippen LogP contribution in [-0.4, -0.2) is 47.7 Å². The smallest absolute Gasteiger partial charge is 0.323 e. The Morgan fingerprint density at radius 1 is 1.20 bits per heavy atom. The fourth-order valence-corrected chi connectivity index (χ4v) is 3.27. The van der Waals surface area contributed by atoms with Crippen LogP contribution in [0.15, 0.2) is 0 Å². The van der Waals surface area contributed by atoms with Gasteiger partial charge in [0, 0.05) is 19.6 Å². The Morgan fingerprint density at radius 3 is 2.45 bits per heavy atom. The SMILES string of the molecule is COC1CCCC(CC(=O)N(CC(=O)O)C2CCC2)C1. The minimum atomic E-state index is -0.913. The number of carbonyl (C=O) groups excluding carboxylic acids is 1. The molecule has 2 unspecified atom stereocenters. The van der Waals surface area contributed by atoms with Crippen LogP contribution >= 0.6 is 0 Å². The van der Waals surface area contributed by atoms with E-state index in [1.165, 1.54) is 0 Å². The summed E-state index contributed by atoms with van der Waals surface area (Å²) in [6, 6.07) is 0.153. The second-order valence-corrected chi connectivity index (χ2v) is 6.09. The molecular formula is C15H25NO4. The average molecular weight is 283 g/mol. The number of ether oxygens (including phenoxy) is 1. The van der Waals surface area contributed by atoms with E-state index in [9.17, 15) is 9.59 Å². The van der Waals surface area contributed by atoms with Crippen molar-refractivity contribution in [3.8, 4) is 0 Å². The molecule has 2 aliphatic carbocycles. The van der Waals surface area contributed by atoms with Gasteiger partial charge < -0.3 is 14.7 Å². The number of aliphatic carboxylic acids is 1. The van der Waals surface area contributed by atoms with Crippen molar-refractivity contribution in [2.45, 2.75) is 63.5 Å². The minimum Gasteiger partial charge on any atom is -0.480 e. The monoisotopic (exact) mass is 283 g/mol. The highest BCUT2D eigenvalue weighted by Crippen LogP contribution is 2.31. The van der Waals surface area contributed by atoms with Gasteiger partial charge in [0.25, 0.3) is 0 Å². The lowest BCUT2D eigenvalue weighted by Gasteiger charge is -2.38. The molecule has 0 heterocycles. The first-order chi connectivity index (χ1) is 9.60. The van der Waals surface area contributed by atoms with E-state index in [1.807, 2.05) is 0 Å². The zero-order valence-electron chi connectivity index (χ0n) is 12.2. The van der Waals surface area contributed by atoms with E-state index < -0.39 is 5.97 Å². The Morgan fingerprint density at radius 2 is 1.90 bits per heavy atom. The quantitative estimate of drug-likeness (QED) is 0.810. The molecule has 0 radical (unpaired) electrons. The van der Waals surface area contributed by atoms with Crippen molar-refractivity contribution in [1.82, 2.24) is 4.90 Å². The summed E-state index contributed by atoms with van der Waals surface area (Å²) in [4.78, 5) is 24.9. The van der Waals surface area contributed by atoms with Gasteiger partial charge in [-0.1, -0.05) is 6.42 Å². The summed E-state index contributed by atoms with van der Waals surface area (Å²) in [6.45, 7) is -0.149. The Kier molecular flexibility index (Phi) is 5.40. The van der Waals surface area contributed by atoms with Crippen LogP contribution in [0.25, 0.3) is 0 Å². The number of hydrogen-bond donors (Lipinski definition) is 1. The summed E-state index contributed by atoms with van der Waals surface area (Å²) >= 11 is 0. The number of amides is 1. The van der Waals surface area contributed by atoms with Gasteiger partial charge in [-0.2, -0.15) is 0 Å². The molecule has 0 aromatic rings. The number of carboxylic acid groups (broad SMARTS) is 1. The van der Waals surface area contributed by atoms with Crippen LogP contribution in [0.5, 0.6) is 0 Å². The molecule has 1 amide bonds. The van der Waals surface area contributed by atoms with E-state index in [2.05, 4.69) is 0 Å². The van der Waals surface area contributed by atoms with Gasteiger partial charge >= 0.3 is 5.97 Å². The molecule has 114 valence electrons. The highest BCUT2D eigenvalue weighted by atomic mass is 16.5. The number of methoxy groups -OCH3 is 1. The summed E-state index contributed by atoms with van der Waals surface area (Å²) < 4.78 is 5.39. The maximum Gasteiger partial charge on any atom is 0.323 e. The van der Waals surface area contributed by atoms with Crippen molar-refractivity contribution in [3.63, 3.8) is 0 Å². The molecule has 2 saturated carbocycles. The van der Waals surface area contributed by atoms with E-state index in [0.717, 1.165) is 44.9 Å². The van der Waals surface area contributed by atoms with E-state index in [4.69, 9.17) is 9.84 Å². The molecule has 1 N–H and O–H groups in total. The number of rotatable bonds is 6. The number of hydrogen-bond acceptors (Lipinski definition) is 3. The van der Waals surface area contributed by atoms with Gasteiger partial charge in [-0.05, 0) is 44.4 Å². The normalized spacial score (nSPS) is 26.9. The molecule has 0 aromatic carbocycles. The van der Waals surface area contributed by atoms with Crippen molar-refractivity contribution in [3.05, 3.63) is 0 Å². The molecule has 20 heavy (non-hydrogen) atoms. The van der Waals surface area contributed by atoms with Gasteiger partial charge in [0.1, 0.15) is 6.54 Å². The third-order valence-corrected chi connectivity index (χ3v) is 4.67. The number of carbonyl (C=O) groups is 2. The van der Waals surface area contributed by atoms with Crippen molar-refractivity contribution >= 4 is 11.9 Å². The topological polar surface area (TPSA) is 66.8 Å². The zero-order chi connectivity index (χ0) is 14.5. The molecule has 0 aromatic heterocycles. The van der Waals surface area contributed by atoms with Crippen LogP contribution in [0.4, 0.5) is 0 Å². The minimum absolute atomic E-state index is 0.0128. The maximum absolute atomic E-state index is 12.4. The molecule has 5 heteroatoms. The Balaban J connectivity index is 1.88. The van der Waals surface area contributed by atoms with E-state index in [0.29, 0.717) is 12.3 Å². The van der Waals surface area contributed by atoms with Crippen LogP contribution in [0.1, 0.15) is 51.4 Å². The zero-order valence-corrected chi connectivity index (χ0v) is 12.2. The molecule has 2 aliphatic rings. The predicted octanol–water partition coefficient (Wildman–Crippen LogP) is 2.05. The molecule has 0 spiro atoms. The highest BCUT2D eigenvalue weighted by molar-refractivity contribution is 5.81. The summed E-state index contributed by atoms with van der Waals surface area (Å²) in [5.41, 5.74) is 0. The average Bonchev–Trinajstić information content (AvgIpc) is 2.35.